The number of methoxy groups -OCH3 is 1. The monoisotopic (exact) mass is 431 g/mol. The zero-order chi connectivity index (χ0) is 22.8. The highest BCUT2D eigenvalue weighted by Gasteiger charge is 2.27. The molecule has 1 saturated heterocycles. The molecular weight excluding hydrogens is 406 g/mol. The summed E-state index contributed by atoms with van der Waals surface area (Å²) in [4.78, 5) is 23.2. The van der Waals surface area contributed by atoms with E-state index in [9.17, 15) is 15.2 Å². The molecule has 0 bridgehead atoms. The molecule has 1 unspecified atom stereocenters. The van der Waals surface area contributed by atoms with Crippen LogP contribution in [0.4, 0.5) is 11.5 Å². The zero-order valence-electron chi connectivity index (χ0n) is 18.3. The third kappa shape index (κ3) is 4.07. The smallest absolute Gasteiger partial charge is 0.337 e. The minimum absolute atomic E-state index is 0.102. The fraction of sp³-hybridized carbons (Fsp3) is 0.333. The summed E-state index contributed by atoms with van der Waals surface area (Å²) in [5.41, 5.74) is 4.24. The molecule has 8 nitrogen and oxygen atoms in total. The fourth-order valence-electron chi connectivity index (χ4n) is 4.17. The first kappa shape index (κ1) is 21.5. The van der Waals surface area contributed by atoms with Gasteiger partial charge in [-0.2, -0.15) is 5.26 Å². The highest BCUT2D eigenvalue weighted by molar-refractivity contribution is 5.94. The molecule has 0 amide bonds. The van der Waals surface area contributed by atoms with Gasteiger partial charge in [0.05, 0.1) is 28.7 Å². The van der Waals surface area contributed by atoms with Gasteiger partial charge in [0, 0.05) is 31.5 Å². The molecular formula is C24H25N5O3. The molecule has 2 atom stereocenters. The third-order valence-corrected chi connectivity index (χ3v) is 5.81. The van der Waals surface area contributed by atoms with Gasteiger partial charge in [-0.3, -0.25) is 0 Å². The van der Waals surface area contributed by atoms with Gasteiger partial charge in [-0.1, -0.05) is 18.2 Å². The number of ether oxygens (including phenoxy) is 1. The summed E-state index contributed by atoms with van der Waals surface area (Å²) in [6.07, 6.45) is 0.968. The van der Waals surface area contributed by atoms with Gasteiger partial charge in [0.2, 0.25) is 0 Å². The maximum absolute atomic E-state index is 11.6. The van der Waals surface area contributed by atoms with Crippen LogP contribution in [0.1, 0.15) is 46.6 Å². The molecule has 164 valence electrons. The number of benzene rings is 2. The number of rotatable bonds is 6. The lowest BCUT2D eigenvalue weighted by Gasteiger charge is -2.22. The van der Waals surface area contributed by atoms with Crippen LogP contribution in [0.5, 0.6) is 0 Å². The molecule has 1 aliphatic rings. The minimum atomic E-state index is -0.989. The second kappa shape index (κ2) is 8.81. The van der Waals surface area contributed by atoms with Crippen LogP contribution in [-0.2, 0) is 4.74 Å². The van der Waals surface area contributed by atoms with E-state index < -0.39 is 5.97 Å². The second-order valence-electron chi connectivity index (χ2n) is 8.04. The number of hydrogen-bond donors (Lipinski definition) is 2. The van der Waals surface area contributed by atoms with Crippen molar-refractivity contribution in [3.63, 3.8) is 0 Å². The van der Waals surface area contributed by atoms with Crippen molar-refractivity contribution in [1.82, 2.24) is 9.97 Å². The lowest BCUT2D eigenvalue weighted by molar-refractivity contribution is 0.0698. The normalized spacial score (nSPS) is 16.7. The number of nitriles is 1. The molecule has 1 aliphatic heterocycles. The number of carboxylic acid groups (broad SMARTS) is 1. The Morgan fingerprint density at radius 3 is 2.81 bits per heavy atom. The number of carboxylic acids is 1. The number of anilines is 2. The summed E-state index contributed by atoms with van der Waals surface area (Å²) in [5, 5.41) is 22.5. The number of hydrogen-bond acceptors (Lipinski definition) is 7. The lowest BCUT2D eigenvalue weighted by Crippen LogP contribution is -2.24. The van der Waals surface area contributed by atoms with Crippen LogP contribution in [0.25, 0.3) is 11.0 Å². The van der Waals surface area contributed by atoms with E-state index in [4.69, 9.17) is 9.72 Å². The molecule has 32 heavy (non-hydrogen) atoms. The van der Waals surface area contributed by atoms with Crippen LogP contribution in [0, 0.1) is 18.3 Å². The zero-order valence-corrected chi connectivity index (χ0v) is 18.3. The maximum Gasteiger partial charge on any atom is 0.337 e. The van der Waals surface area contributed by atoms with Gasteiger partial charge >= 0.3 is 5.97 Å². The van der Waals surface area contributed by atoms with Crippen molar-refractivity contribution in [2.45, 2.75) is 32.4 Å². The number of carbonyl (C=O) groups is 1. The van der Waals surface area contributed by atoms with Gasteiger partial charge in [-0.05, 0) is 44.0 Å². The molecule has 4 rings (SSSR count). The minimum Gasteiger partial charge on any atom is -0.478 e. The Bertz CT molecular complexity index is 1220. The Labute approximate surface area is 186 Å². The second-order valence-corrected chi connectivity index (χ2v) is 8.04. The predicted molar refractivity (Wildman–Crippen MR) is 122 cm³/mol. The van der Waals surface area contributed by atoms with Crippen molar-refractivity contribution in [3.8, 4) is 6.07 Å². The molecule has 0 saturated carbocycles. The fourth-order valence-corrected chi connectivity index (χ4v) is 4.17. The molecule has 3 aromatic rings. The van der Waals surface area contributed by atoms with Crippen LogP contribution in [0.15, 0.2) is 36.4 Å². The first-order valence-corrected chi connectivity index (χ1v) is 10.5. The summed E-state index contributed by atoms with van der Waals surface area (Å²) in [6, 6.07) is 12.7. The van der Waals surface area contributed by atoms with Crippen LogP contribution in [0.3, 0.4) is 0 Å². The summed E-state index contributed by atoms with van der Waals surface area (Å²) < 4.78 is 5.47. The quantitative estimate of drug-likeness (QED) is 0.604. The maximum atomic E-state index is 11.6. The molecule has 2 aromatic carbocycles. The van der Waals surface area contributed by atoms with Gasteiger partial charge in [0.25, 0.3) is 0 Å². The van der Waals surface area contributed by atoms with Crippen molar-refractivity contribution >= 4 is 28.5 Å². The molecule has 0 radical (unpaired) electrons. The Balaban J connectivity index is 1.78. The lowest BCUT2D eigenvalue weighted by atomic mass is 10.0. The van der Waals surface area contributed by atoms with Gasteiger partial charge < -0.3 is 20.1 Å². The Morgan fingerprint density at radius 1 is 1.34 bits per heavy atom. The van der Waals surface area contributed by atoms with Crippen LogP contribution >= 0.6 is 0 Å². The van der Waals surface area contributed by atoms with E-state index in [1.807, 2.05) is 30.9 Å². The van der Waals surface area contributed by atoms with Crippen molar-refractivity contribution in [3.05, 3.63) is 58.8 Å². The average molecular weight is 431 g/mol. The van der Waals surface area contributed by atoms with Crippen LogP contribution in [0.2, 0.25) is 0 Å². The van der Waals surface area contributed by atoms with Gasteiger partial charge in [0.15, 0.2) is 11.5 Å². The highest BCUT2D eigenvalue weighted by Crippen LogP contribution is 2.31. The van der Waals surface area contributed by atoms with Crippen LogP contribution in [-0.4, -0.2) is 47.3 Å². The van der Waals surface area contributed by atoms with E-state index in [1.165, 1.54) is 0 Å². The molecule has 0 spiro atoms. The van der Waals surface area contributed by atoms with Gasteiger partial charge in [-0.25, -0.2) is 14.8 Å². The first-order chi connectivity index (χ1) is 15.4. The third-order valence-electron chi connectivity index (χ3n) is 5.81. The summed E-state index contributed by atoms with van der Waals surface area (Å²) in [7, 11) is 1.69. The van der Waals surface area contributed by atoms with Gasteiger partial charge in [-0.15, -0.1) is 0 Å². The van der Waals surface area contributed by atoms with Crippen molar-refractivity contribution < 1.29 is 14.6 Å². The molecule has 1 fully saturated rings. The van der Waals surface area contributed by atoms with E-state index in [1.54, 1.807) is 31.4 Å². The highest BCUT2D eigenvalue weighted by atomic mass is 16.5. The van der Waals surface area contributed by atoms with E-state index in [0.717, 1.165) is 24.1 Å². The van der Waals surface area contributed by atoms with E-state index in [2.05, 4.69) is 16.4 Å². The number of nitrogens with zero attached hydrogens (tertiary/aromatic N) is 4. The topological polar surface area (TPSA) is 111 Å². The Morgan fingerprint density at radius 2 is 2.12 bits per heavy atom. The predicted octanol–water partition coefficient (Wildman–Crippen LogP) is 3.91. The Hall–Kier alpha value is -3.70. The summed E-state index contributed by atoms with van der Waals surface area (Å²) in [5.74, 6) is -0.431. The van der Waals surface area contributed by atoms with E-state index in [0.29, 0.717) is 34.8 Å². The SMILES string of the molecule is COC1CCN(c2nc3c([C@@H](C)Nc4ccccc4C(=O)O)cc(C)cc3nc2C#N)C1. The molecule has 0 aliphatic carbocycles. The van der Waals surface area contributed by atoms with Crippen LogP contribution < -0.4 is 10.2 Å². The van der Waals surface area contributed by atoms with E-state index >= 15 is 0 Å². The molecule has 2 heterocycles. The van der Waals surface area contributed by atoms with Crippen molar-refractivity contribution in [2.24, 2.45) is 0 Å². The largest absolute Gasteiger partial charge is 0.478 e. The Kier molecular flexibility index (Phi) is 5.93. The summed E-state index contributed by atoms with van der Waals surface area (Å²) in [6.45, 7) is 5.33. The molecule has 1 aromatic heterocycles. The number of aromatic nitrogens is 2. The van der Waals surface area contributed by atoms with Crippen molar-refractivity contribution in [2.75, 3.05) is 30.4 Å². The standard InChI is InChI=1S/C24H25N5O3/c1-14-10-18(15(2)26-19-7-5-4-6-17(19)24(30)31)22-20(11-14)27-21(12-25)23(28-22)29-9-8-16(13-29)32-3/h4-7,10-11,15-16,26H,8-9,13H2,1-3H3,(H,30,31)/t15-,16?/m1/s1. The summed E-state index contributed by atoms with van der Waals surface area (Å²) >= 11 is 0. The van der Waals surface area contributed by atoms with Gasteiger partial charge in [0.1, 0.15) is 6.07 Å². The number of para-hydroxylation sites is 1. The van der Waals surface area contributed by atoms with E-state index in [-0.39, 0.29) is 17.7 Å². The number of nitrogens with one attached hydrogen (secondary N) is 1. The molecule has 8 heteroatoms. The number of fused-ring (bicyclic) bond motifs is 1. The van der Waals surface area contributed by atoms with Crippen molar-refractivity contribution in [1.29, 1.82) is 5.26 Å². The first-order valence-electron chi connectivity index (χ1n) is 10.5. The molecule has 2 N–H and O–H groups in total. The number of aromatic carboxylic acids is 1. The number of aryl methyl sites for hydroxylation is 1. The average Bonchev–Trinajstić information content (AvgIpc) is 3.27.